The number of hydrogen-bond donors (Lipinski definition) is 0. The molecule has 0 amide bonds. The summed E-state index contributed by atoms with van der Waals surface area (Å²) >= 11 is 0. The van der Waals surface area contributed by atoms with Gasteiger partial charge in [0.1, 0.15) is 0 Å². The quantitative estimate of drug-likeness (QED) is 0.318. The molecule has 0 N–H and O–H groups in total. The van der Waals surface area contributed by atoms with E-state index in [0.29, 0.717) is 5.41 Å². The van der Waals surface area contributed by atoms with Gasteiger partial charge in [-0.15, -0.1) is 0 Å². The molecule has 3 rings (SSSR count). The maximum atomic E-state index is 2.54. The van der Waals surface area contributed by atoms with Crippen LogP contribution in [-0.2, 0) is 6.42 Å². The minimum Gasteiger partial charge on any atom is -0.0654 e. The van der Waals surface area contributed by atoms with Gasteiger partial charge in [-0.3, -0.25) is 0 Å². The van der Waals surface area contributed by atoms with E-state index in [1.165, 1.54) is 109 Å². The number of unbranched alkanes of at least 4 members (excludes halogenated alkanes) is 3. The summed E-state index contributed by atoms with van der Waals surface area (Å²) in [5.41, 5.74) is 3.82. The molecule has 30 heavy (non-hydrogen) atoms. The van der Waals surface area contributed by atoms with E-state index in [4.69, 9.17) is 0 Å². The molecule has 1 aromatic rings. The summed E-state index contributed by atoms with van der Waals surface area (Å²) in [6, 6.07) is 9.85. The molecule has 2 saturated carbocycles. The Morgan fingerprint density at radius 3 is 1.93 bits per heavy atom. The topological polar surface area (TPSA) is 0 Å². The molecule has 0 aliphatic heterocycles. The van der Waals surface area contributed by atoms with Gasteiger partial charge < -0.3 is 0 Å². The van der Waals surface area contributed by atoms with E-state index in [1.807, 2.05) is 0 Å². The highest BCUT2D eigenvalue weighted by molar-refractivity contribution is 5.26. The first-order chi connectivity index (χ1) is 14.6. The maximum absolute atomic E-state index is 2.54. The van der Waals surface area contributed by atoms with Crippen LogP contribution in [0.4, 0.5) is 0 Å². The Kier molecular flexibility index (Phi) is 9.79. The molecule has 0 nitrogen and oxygen atoms in total. The van der Waals surface area contributed by atoms with Crippen molar-refractivity contribution in [2.75, 3.05) is 0 Å². The highest BCUT2D eigenvalue weighted by Gasteiger charge is 2.31. The molecule has 1 aromatic carbocycles. The molecular weight excluding hydrogens is 360 g/mol. The SMILES string of the molecule is CCCCCC1CCC(CCc2ccc(C3CCC(C)(CCCC)CC3)cc2)CC1. The fourth-order valence-electron chi connectivity index (χ4n) is 6.32. The summed E-state index contributed by atoms with van der Waals surface area (Å²) in [5, 5.41) is 0. The molecule has 2 aliphatic rings. The van der Waals surface area contributed by atoms with E-state index in [0.717, 1.165) is 17.8 Å². The molecule has 0 heteroatoms. The summed E-state index contributed by atoms with van der Waals surface area (Å²) in [7, 11) is 0. The van der Waals surface area contributed by atoms with Crippen molar-refractivity contribution in [3.8, 4) is 0 Å². The predicted molar refractivity (Wildman–Crippen MR) is 133 cm³/mol. The third kappa shape index (κ3) is 7.42. The molecule has 2 aliphatic carbocycles. The highest BCUT2D eigenvalue weighted by atomic mass is 14.4. The van der Waals surface area contributed by atoms with Crippen LogP contribution in [0.1, 0.15) is 141 Å². The largest absolute Gasteiger partial charge is 0.0654 e. The van der Waals surface area contributed by atoms with Gasteiger partial charge in [-0.1, -0.05) is 109 Å². The van der Waals surface area contributed by atoms with Gasteiger partial charge in [-0.05, 0) is 79.2 Å². The Bertz CT molecular complexity index is 567. The second-order valence-corrected chi connectivity index (χ2v) is 11.4. The van der Waals surface area contributed by atoms with E-state index < -0.39 is 0 Å². The lowest BCUT2D eigenvalue weighted by Gasteiger charge is -2.37. The van der Waals surface area contributed by atoms with Crippen LogP contribution in [0.15, 0.2) is 24.3 Å². The van der Waals surface area contributed by atoms with Crippen LogP contribution in [-0.4, -0.2) is 0 Å². The van der Waals surface area contributed by atoms with E-state index >= 15 is 0 Å². The van der Waals surface area contributed by atoms with Crippen molar-refractivity contribution in [3.05, 3.63) is 35.4 Å². The van der Waals surface area contributed by atoms with Crippen LogP contribution in [0.5, 0.6) is 0 Å². The maximum Gasteiger partial charge on any atom is -0.0162 e. The standard InChI is InChI=1S/C30H50/c1-4-6-8-9-25-10-12-26(13-11-25)14-15-27-16-18-28(19-17-27)29-20-23-30(3,24-21-29)22-7-5-2/h16-19,25-26,29H,4-15,20-24H2,1-3H3. The van der Waals surface area contributed by atoms with Crippen molar-refractivity contribution in [1.82, 2.24) is 0 Å². The van der Waals surface area contributed by atoms with Gasteiger partial charge in [0.2, 0.25) is 0 Å². The molecule has 0 radical (unpaired) electrons. The number of hydrogen-bond acceptors (Lipinski definition) is 0. The molecule has 2 fully saturated rings. The van der Waals surface area contributed by atoms with Crippen LogP contribution < -0.4 is 0 Å². The van der Waals surface area contributed by atoms with Crippen LogP contribution in [0.3, 0.4) is 0 Å². The number of aryl methyl sites for hydroxylation is 1. The monoisotopic (exact) mass is 410 g/mol. The Hall–Kier alpha value is -0.780. The number of rotatable bonds is 11. The van der Waals surface area contributed by atoms with Gasteiger partial charge in [0, 0.05) is 0 Å². The summed E-state index contributed by atoms with van der Waals surface area (Å²) in [4.78, 5) is 0. The first kappa shape index (κ1) is 23.9. The second-order valence-electron chi connectivity index (χ2n) is 11.4. The summed E-state index contributed by atoms with van der Waals surface area (Å²) in [6.07, 6.45) is 24.4. The van der Waals surface area contributed by atoms with Crippen molar-refractivity contribution >= 4 is 0 Å². The Balaban J connectivity index is 1.36. The number of benzene rings is 1. The van der Waals surface area contributed by atoms with Gasteiger partial charge in [0.25, 0.3) is 0 Å². The molecule has 0 aromatic heterocycles. The van der Waals surface area contributed by atoms with Crippen molar-refractivity contribution in [2.24, 2.45) is 17.3 Å². The fraction of sp³-hybridized carbons (Fsp3) is 0.800. The van der Waals surface area contributed by atoms with E-state index in [1.54, 1.807) is 11.1 Å². The van der Waals surface area contributed by atoms with E-state index in [2.05, 4.69) is 45.0 Å². The molecule has 0 bridgehead atoms. The Morgan fingerprint density at radius 2 is 1.33 bits per heavy atom. The van der Waals surface area contributed by atoms with E-state index in [-0.39, 0.29) is 0 Å². The molecule has 0 saturated heterocycles. The average Bonchev–Trinajstić information content (AvgIpc) is 2.78. The third-order valence-corrected chi connectivity index (χ3v) is 8.80. The normalized spacial score (nSPS) is 29.8. The lowest BCUT2D eigenvalue weighted by Crippen LogP contribution is -2.23. The zero-order valence-electron chi connectivity index (χ0n) is 20.6. The smallest absolute Gasteiger partial charge is 0.0162 e. The average molecular weight is 411 g/mol. The molecule has 0 heterocycles. The van der Waals surface area contributed by atoms with Gasteiger partial charge in [0.05, 0.1) is 0 Å². The minimum absolute atomic E-state index is 0.626. The van der Waals surface area contributed by atoms with Gasteiger partial charge in [-0.25, -0.2) is 0 Å². The third-order valence-electron chi connectivity index (χ3n) is 8.80. The van der Waals surface area contributed by atoms with Crippen molar-refractivity contribution < 1.29 is 0 Å². The lowest BCUT2D eigenvalue weighted by atomic mass is 9.68. The van der Waals surface area contributed by atoms with Gasteiger partial charge in [-0.2, -0.15) is 0 Å². The van der Waals surface area contributed by atoms with Crippen LogP contribution in [0.2, 0.25) is 0 Å². The van der Waals surface area contributed by atoms with Crippen LogP contribution in [0.25, 0.3) is 0 Å². The van der Waals surface area contributed by atoms with Gasteiger partial charge in [0.15, 0.2) is 0 Å². The minimum atomic E-state index is 0.626. The molecular formula is C30H50. The molecule has 0 unspecified atom stereocenters. The van der Waals surface area contributed by atoms with Crippen LogP contribution in [0, 0.1) is 17.3 Å². The Labute approximate surface area is 188 Å². The summed E-state index contributed by atoms with van der Waals surface area (Å²) < 4.78 is 0. The fourth-order valence-corrected chi connectivity index (χ4v) is 6.32. The summed E-state index contributed by atoms with van der Waals surface area (Å²) in [5.74, 6) is 2.86. The van der Waals surface area contributed by atoms with Crippen LogP contribution >= 0.6 is 0 Å². The van der Waals surface area contributed by atoms with Crippen molar-refractivity contribution in [2.45, 2.75) is 136 Å². The van der Waals surface area contributed by atoms with Crippen molar-refractivity contribution in [1.29, 1.82) is 0 Å². The van der Waals surface area contributed by atoms with E-state index in [9.17, 15) is 0 Å². The van der Waals surface area contributed by atoms with Crippen molar-refractivity contribution in [3.63, 3.8) is 0 Å². The zero-order chi connectivity index (χ0) is 21.2. The summed E-state index contributed by atoms with van der Waals surface area (Å²) in [6.45, 7) is 7.19. The predicted octanol–water partition coefficient (Wildman–Crippen LogP) is 9.86. The zero-order valence-corrected chi connectivity index (χ0v) is 20.6. The van der Waals surface area contributed by atoms with Gasteiger partial charge >= 0.3 is 0 Å². The highest BCUT2D eigenvalue weighted by Crippen LogP contribution is 2.45. The molecule has 170 valence electrons. The molecule has 0 spiro atoms. The first-order valence-corrected chi connectivity index (χ1v) is 13.7. The first-order valence-electron chi connectivity index (χ1n) is 13.7. The lowest BCUT2D eigenvalue weighted by molar-refractivity contribution is 0.179. The molecule has 0 atom stereocenters. The second kappa shape index (κ2) is 12.3. The Morgan fingerprint density at radius 1 is 0.733 bits per heavy atom.